The van der Waals surface area contributed by atoms with Gasteiger partial charge in [-0.2, -0.15) is 0 Å². The van der Waals surface area contributed by atoms with Gasteiger partial charge in [-0.15, -0.1) is 0 Å². The molecule has 3 atom stereocenters. The third-order valence-corrected chi connectivity index (χ3v) is 4.97. The summed E-state index contributed by atoms with van der Waals surface area (Å²) in [6.45, 7) is 9.64. The van der Waals surface area contributed by atoms with E-state index < -0.39 is 0 Å². The Morgan fingerprint density at radius 1 is 1.05 bits per heavy atom. The van der Waals surface area contributed by atoms with Gasteiger partial charge in [0.2, 0.25) is 0 Å². The van der Waals surface area contributed by atoms with E-state index in [1.807, 2.05) is 0 Å². The van der Waals surface area contributed by atoms with Gasteiger partial charge in [0.25, 0.3) is 0 Å². The second kappa shape index (κ2) is 5.68. The number of hydrogen-bond donors (Lipinski definition) is 1. The molecule has 4 heteroatoms. The van der Waals surface area contributed by atoms with Crippen LogP contribution in [0, 0.1) is 0 Å². The van der Waals surface area contributed by atoms with Crippen molar-refractivity contribution in [2.75, 3.05) is 32.9 Å². The molecule has 3 fully saturated rings. The first-order valence-electron chi connectivity index (χ1n) is 7.89. The highest BCUT2D eigenvalue weighted by molar-refractivity contribution is 4.95. The Morgan fingerprint density at radius 3 is 2.42 bits per heavy atom. The number of ether oxygens (including phenoxy) is 2. The van der Waals surface area contributed by atoms with E-state index in [0.717, 1.165) is 32.7 Å². The summed E-state index contributed by atoms with van der Waals surface area (Å²) in [7, 11) is 0. The van der Waals surface area contributed by atoms with Crippen molar-refractivity contribution in [2.24, 2.45) is 0 Å². The van der Waals surface area contributed by atoms with Gasteiger partial charge in [0.05, 0.1) is 5.60 Å². The normalized spacial score (nSPS) is 40.4. The van der Waals surface area contributed by atoms with Gasteiger partial charge in [0, 0.05) is 51.0 Å². The Bertz CT molecular complexity index is 289. The van der Waals surface area contributed by atoms with Gasteiger partial charge in [0.15, 0.2) is 0 Å². The van der Waals surface area contributed by atoms with Crippen LogP contribution >= 0.6 is 0 Å². The zero-order chi connectivity index (χ0) is 13.3. The molecule has 0 saturated carbocycles. The third-order valence-electron chi connectivity index (χ3n) is 4.97. The lowest BCUT2D eigenvalue weighted by molar-refractivity contribution is -0.153. The van der Waals surface area contributed by atoms with Gasteiger partial charge in [-0.1, -0.05) is 0 Å². The summed E-state index contributed by atoms with van der Waals surface area (Å²) in [5, 5.41) is 3.63. The first kappa shape index (κ1) is 13.8. The van der Waals surface area contributed by atoms with Crippen molar-refractivity contribution in [3.8, 4) is 0 Å². The standard InChI is InChI=1S/C15H28N2O2/c1-12-10-17(11-13(2)16-12)14-3-6-19-15(9-14)4-7-18-8-5-15/h12-14,16H,3-11H2,1-2H3. The second-order valence-electron chi connectivity index (χ2n) is 6.71. The summed E-state index contributed by atoms with van der Waals surface area (Å²) in [6, 6.07) is 1.92. The van der Waals surface area contributed by atoms with Gasteiger partial charge < -0.3 is 14.8 Å². The zero-order valence-electron chi connectivity index (χ0n) is 12.4. The molecule has 4 nitrogen and oxygen atoms in total. The maximum atomic E-state index is 6.16. The predicted molar refractivity (Wildman–Crippen MR) is 75.4 cm³/mol. The number of hydrogen-bond acceptors (Lipinski definition) is 4. The largest absolute Gasteiger partial charge is 0.381 e. The molecule has 3 heterocycles. The van der Waals surface area contributed by atoms with Gasteiger partial charge in [-0.3, -0.25) is 4.90 Å². The van der Waals surface area contributed by atoms with Crippen LogP contribution < -0.4 is 5.32 Å². The smallest absolute Gasteiger partial charge is 0.0741 e. The molecule has 0 amide bonds. The Labute approximate surface area is 116 Å². The molecular formula is C15H28N2O2. The van der Waals surface area contributed by atoms with Crippen molar-refractivity contribution in [3.05, 3.63) is 0 Å². The van der Waals surface area contributed by atoms with Crippen LogP contribution in [-0.4, -0.2) is 61.5 Å². The van der Waals surface area contributed by atoms with Gasteiger partial charge in [-0.05, 0) is 39.5 Å². The predicted octanol–water partition coefficient (Wildman–Crippen LogP) is 1.40. The van der Waals surface area contributed by atoms with Crippen LogP contribution in [0.25, 0.3) is 0 Å². The molecule has 0 aromatic heterocycles. The van der Waals surface area contributed by atoms with Crippen LogP contribution in [0.15, 0.2) is 0 Å². The SMILES string of the molecule is CC1CN(C2CCOC3(CCOCC3)C2)CC(C)N1. The van der Waals surface area contributed by atoms with Crippen LogP contribution in [0.5, 0.6) is 0 Å². The van der Waals surface area contributed by atoms with Crippen LogP contribution in [0.4, 0.5) is 0 Å². The first-order chi connectivity index (χ1) is 9.17. The molecule has 19 heavy (non-hydrogen) atoms. The minimum absolute atomic E-state index is 0.124. The lowest BCUT2D eigenvalue weighted by atomic mass is 9.83. The molecule has 110 valence electrons. The summed E-state index contributed by atoms with van der Waals surface area (Å²) in [5.74, 6) is 0. The fourth-order valence-corrected chi connectivity index (χ4v) is 4.07. The molecule has 3 unspecified atom stereocenters. The number of nitrogens with one attached hydrogen (secondary N) is 1. The first-order valence-corrected chi connectivity index (χ1v) is 7.89. The molecular weight excluding hydrogens is 240 g/mol. The highest BCUT2D eigenvalue weighted by Crippen LogP contribution is 2.36. The van der Waals surface area contributed by atoms with E-state index in [9.17, 15) is 0 Å². The fraction of sp³-hybridized carbons (Fsp3) is 1.00. The fourth-order valence-electron chi connectivity index (χ4n) is 4.07. The highest BCUT2D eigenvalue weighted by atomic mass is 16.5. The summed E-state index contributed by atoms with van der Waals surface area (Å²) < 4.78 is 11.7. The van der Waals surface area contributed by atoms with E-state index in [1.54, 1.807) is 0 Å². The van der Waals surface area contributed by atoms with Crippen molar-refractivity contribution in [2.45, 2.75) is 63.3 Å². The lowest BCUT2D eigenvalue weighted by Gasteiger charge is -2.49. The molecule has 3 aliphatic rings. The molecule has 0 aromatic rings. The van der Waals surface area contributed by atoms with E-state index in [2.05, 4.69) is 24.1 Å². The zero-order valence-corrected chi connectivity index (χ0v) is 12.4. The Kier molecular flexibility index (Phi) is 4.13. The van der Waals surface area contributed by atoms with E-state index in [0.29, 0.717) is 18.1 Å². The van der Waals surface area contributed by atoms with Crippen molar-refractivity contribution in [3.63, 3.8) is 0 Å². The quantitative estimate of drug-likeness (QED) is 0.779. The molecule has 1 spiro atoms. The van der Waals surface area contributed by atoms with Crippen LogP contribution in [0.1, 0.15) is 39.5 Å². The lowest BCUT2D eigenvalue weighted by Crippen LogP contribution is -2.60. The van der Waals surface area contributed by atoms with Crippen LogP contribution in [0.3, 0.4) is 0 Å². The van der Waals surface area contributed by atoms with E-state index in [4.69, 9.17) is 9.47 Å². The van der Waals surface area contributed by atoms with Gasteiger partial charge in [-0.25, -0.2) is 0 Å². The van der Waals surface area contributed by atoms with Crippen LogP contribution in [-0.2, 0) is 9.47 Å². The van der Waals surface area contributed by atoms with Crippen molar-refractivity contribution in [1.82, 2.24) is 10.2 Å². The number of piperazine rings is 1. The molecule has 1 N–H and O–H groups in total. The summed E-state index contributed by atoms with van der Waals surface area (Å²) >= 11 is 0. The van der Waals surface area contributed by atoms with Crippen molar-refractivity contribution >= 4 is 0 Å². The third kappa shape index (κ3) is 3.13. The topological polar surface area (TPSA) is 33.7 Å². The van der Waals surface area contributed by atoms with Crippen molar-refractivity contribution < 1.29 is 9.47 Å². The minimum atomic E-state index is 0.124. The van der Waals surface area contributed by atoms with Gasteiger partial charge >= 0.3 is 0 Å². The molecule has 3 aliphatic heterocycles. The monoisotopic (exact) mass is 268 g/mol. The maximum absolute atomic E-state index is 6.16. The maximum Gasteiger partial charge on any atom is 0.0741 e. The van der Waals surface area contributed by atoms with E-state index in [1.165, 1.54) is 25.9 Å². The molecule has 3 saturated heterocycles. The number of rotatable bonds is 1. The van der Waals surface area contributed by atoms with Crippen molar-refractivity contribution in [1.29, 1.82) is 0 Å². The number of nitrogens with zero attached hydrogens (tertiary/aromatic N) is 1. The highest BCUT2D eigenvalue weighted by Gasteiger charge is 2.41. The second-order valence-corrected chi connectivity index (χ2v) is 6.71. The Balaban J connectivity index is 1.64. The van der Waals surface area contributed by atoms with Gasteiger partial charge in [0.1, 0.15) is 0 Å². The Hall–Kier alpha value is -0.160. The van der Waals surface area contributed by atoms with E-state index in [-0.39, 0.29) is 5.60 Å². The summed E-state index contributed by atoms with van der Waals surface area (Å²) in [6.07, 6.45) is 4.57. The molecule has 0 bridgehead atoms. The molecule has 0 aliphatic carbocycles. The summed E-state index contributed by atoms with van der Waals surface area (Å²) in [5.41, 5.74) is 0.124. The molecule has 3 rings (SSSR count). The van der Waals surface area contributed by atoms with E-state index >= 15 is 0 Å². The molecule has 0 aromatic carbocycles. The average molecular weight is 268 g/mol. The summed E-state index contributed by atoms with van der Waals surface area (Å²) in [4.78, 5) is 2.70. The van der Waals surface area contributed by atoms with Crippen LogP contribution in [0.2, 0.25) is 0 Å². The molecule has 0 radical (unpaired) electrons. The minimum Gasteiger partial charge on any atom is -0.381 e. The average Bonchev–Trinajstić information content (AvgIpc) is 2.38. The Morgan fingerprint density at radius 2 is 1.74 bits per heavy atom.